The highest BCUT2D eigenvalue weighted by Gasteiger charge is 2.85. The number of sulfonamides is 1. The first-order valence-electron chi connectivity index (χ1n) is 19.2. The van der Waals surface area contributed by atoms with Crippen LogP contribution in [0.5, 0.6) is 0 Å². The average Bonchev–Trinajstić information content (AvgIpc) is 3.75. The molecule has 1 unspecified atom stereocenters. The predicted molar refractivity (Wildman–Crippen MR) is 208 cm³/mol. The van der Waals surface area contributed by atoms with E-state index in [0.29, 0.717) is 6.42 Å². The van der Waals surface area contributed by atoms with E-state index in [4.69, 9.17) is 0 Å². The van der Waals surface area contributed by atoms with E-state index in [-0.39, 0.29) is 28.7 Å². The van der Waals surface area contributed by atoms with E-state index in [1.807, 2.05) is 0 Å². The van der Waals surface area contributed by atoms with Crippen LogP contribution in [0.1, 0.15) is 108 Å². The number of fused-ring (bicyclic) bond motifs is 1. The number of carboxylic acid groups (broad SMARTS) is 1. The quantitative estimate of drug-likeness (QED) is 0.237. The lowest BCUT2D eigenvalue weighted by Crippen LogP contribution is -2.65. The van der Waals surface area contributed by atoms with Gasteiger partial charge in [0.2, 0.25) is 17.7 Å². The predicted octanol–water partition coefficient (Wildman–Crippen LogP) is 5.07. The van der Waals surface area contributed by atoms with E-state index in [0.717, 1.165) is 24.2 Å². The molecule has 304 valence electrons. The van der Waals surface area contributed by atoms with Crippen LogP contribution in [0.15, 0.2) is 47.9 Å². The van der Waals surface area contributed by atoms with Gasteiger partial charge in [0.1, 0.15) is 23.7 Å². The zero-order chi connectivity index (χ0) is 41.5. The van der Waals surface area contributed by atoms with Crippen molar-refractivity contribution in [1.82, 2.24) is 25.2 Å². The van der Waals surface area contributed by atoms with Crippen LogP contribution in [0, 0.1) is 33.0 Å². The second kappa shape index (κ2) is 13.3. The van der Waals surface area contributed by atoms with Crippen LogP contribution >= 0.6 is 0 Å². The maximum Gasteiger partial charge on any atom is 0.408 e. The van der Waals surface area contributed by atoms with Crippen LogP contribution in [0.3, 0.4) is 0 Å². The Morgan fingerprint density at radius 3 is 1.93 bits per heavy atom. The lowest BCUT2D eigenvalue weighted by atomic mass is 9.73. The molecule has 14 heteroatoms. The zero-order valence-electron chi connectivity index (χ0n) is 34.3. The minimum atomic E-state index is -4.26. The van der Waals surface area contributed by atoms with E-state index in [9.17, 15) is 32.7 Å². The Morgan fingerprint density at radius 1 is 0.927 bits per heavy atom. The number of hydrogen-bond acceptors (Lipinski definition) is 7. The van der Waals surface area contributed by atoms with Gasteiger partial charge >= 0.3 is 6.09 Å². The number of nitrogens with zero attached hydrogens (tertiary/aromatic N) is 2. The Bertz CT molecular complexity index is 1870. The van der Waals surface area contributed by atoms with Gasteiger partial charge in [0.25, 0.3) is 15.9 Å². The summed E-state index contributed by atoms with van der Waals surface area (Å²) in [4.78, 5) is 73.1. The number of rotatable bonds is 10. The van der Waals surface area contributed by atoms with E-state index >= 15 is 4.79 Å². The summed E-state index contributed by atoms with van der Waals surface area (Å²) in [5, 5.41) is 16.1. The molecule has 55 heavy (non-hydrogen) atoms. The Balaban J connectivity index is 1.49. The molecule has 0 bridgehead atoms. The number of likely N-dealkylation sites (tertiary alicyclic amines) is 1. The number of benzene rings is 1. The van der Waals surface area contributed by atoms with Crippen molar-refractivity contribution in [2.45, 2.75) is 142 Å². The second-order valence-corrected chi connectivity index (χ2v) is 21.7. The molecule has 4 N–H and O–H groups in total. The maximum absolute atomic E-state index is 15.1. The molecule has 1 aliphatic heterocycles. The summed E-state index contributed by atoms with van der Waals surface area (Å²) in [5.74, 6) is -3.14. The molecule has 4 fully saturated rings. The van der Waals surface area contributed by atoms with Crippen LogP contribution in [-0.4, -0.2) is 88.8 Å². The molecule has 1 aromatic rings. The van der Waals surface area contributed by atoms with Crippen molar-refractivity contribution < 1.29 is 37.5 Å². The Hall–Kier alpha value is -3.94. The summed E-state index contributed by atoms with van der Waals surface area (Å²) < 4.78 is 28.5. The van der Waals surface area contributed by atoms with Crippen molar-refractivity contribution in [3.63, 3.8) is 0 Å². The van der Waals surface area contributed by atoms with E-state index in [2.05, 4.69) is 35.8 Å². The van der Waals surface area contributed by atoms with Gasteiger partial charge in [0.05, 0.1) is 4.90 Å². The molecule has 0 radical (unpaired) electrons. The molecular weight excluding hydrogens is 723 g/mol. The summed E-state index contributed by atoms with van der Waals surface area (Å²) in [5.41, 5.74) is -4.92. The average molecular weight is 784 g/mol. The van der Waals surface area contributed by atoms with E-state index in [1.54, 1.807) is 85.4 Å². The smallest absolute Gasteiger partial charge is 0.408 e. The lowest BCUT2D eigenvalue weighted by molar-refractivity contribution is -0.146. The van der Waals surface area contributed by atoms with Gasteiger partial charge in [0, 0.05) is 23.4 Å². The number of carbonyl (C=O) groups is 5. The van der Waals surface area contributed by atoms with Crippen LogP contribution in [0.4, 0.5) is 4.79 Å². The summed E-state index contributed by atoms with van der Waals surface area (Å²) in [6, 6.07) is 4.12. The zero-order valence-corrected chi connectivity index (χ0v) is 35.1. The molecule has 13 nitrogen and oxygen atoms in total. The van der Waals surface area contributed by atoms with Crippen molar-refractivity contribution in [2.75, 3.05) is 6.54 Å². The Kier molecular flexibility index (Phi) is 10.2. The van der Waals surface area contributed by atoms with Gasteiger partial charge in [0.15, 0.2) is 0 Å². The van der Waals surface area contributed by atoms with Gasteiger partial charge in [-0.3, -0.25) is 24.1 Å². The monoisotopic (exact) mass is 783 g/mol. The van der Waals surface area contributed by atoms with Gasteiger partial charge in [-0.05, 0) is 80.2 Å². The fourth-order valence-electron chi connectivity index (χ4n) is 9.99. The molecule has 3 aliphatic carbocycles. The maximum atomic E-state index is 15.1. The molecule has 1 aromatic carbocycles. The molecule has 4 aliphatic rings. The standard InChI is InChI=1S/C41H61N5O8S/c1-13-25-22-41(25,33(50)44-55(53,54)26-18-15-14-16-19-26)43-30(47)27-23-40(38(11,12)39(40)20-17-21-39)24-45(27)32(49)28(35(2,3)4)42-31(48)29(36(5,6)7)46(34(51)52)37(8,9)10/h13-16,18-19,25,27-29H,1,17,20-24H2,2-12H3,(H,42,48)(H,43,47)(H,44,50)(H,51,52)/t25-,27+,28?,29-,40-,41-/m1/s1. The van der Waals surface area contributed by atoms with Crippen molar-refractivity contribution >= 4 is 39.7 Å². The first-order valence-corrected chi connectivity index (χ1v) is 20.7. The first-order chi connectivity index (χ1) is 25.0. The summed E-state index contributed by atoms with van der Waals surface area (Å²) in [6.45, 7) is 24.3. The summed E-state index contributed by atoms with van der Waals surface area (Å²) in [7, 11) is -4.26. The van der Waals surface area contributed by atoms with Crippen molar-refractivity contribution in [2.24, 2.45) is 33.0 Å². The highest BCUT2D eigenvalue weighted by molar-refractivity contribution is 7.90. The summed E-state index contributed by atoms with van der Waals surface area (Å²) in [6.07, 6.45) is 3.67. The minimum Gasteiger partial charge on any atom is -0.465 e. The lowest BCUT2D eigenvalue weighted by Gasteiger charge is -2.45. The topological polar surface area (TPSA) is 182 Å². The second-order valence-electron chi connectivity index (χ2n) is 20.0. The van der Waals surface area contributed by atoms with Crippen LogP contribution < -0.4 is 15.4 Å². The number of hydrogen-bond donors (Lipinski definition) is 4. The highest BCUT2D eigenvalue weighted by Crippen LogP contribution is 2.88. The highest BCUT2D eigenvalue weighted by atomic mass is 32.2. The third kappa shape index (κ3) is 6.84. The minimum absolute atomic E-state index is 0.0673. The molecule has 1 heterocycles. The summed E-state index contributed by atoms with van der Waals surface area (Å²) >= 11 is 0. The Morgan fingerprint density at radius 2 is 1.51 bits per heavy atom. The van der Waals surface area contributed by atoms with Gasteiger partial charge in [-0.2, -0.15) is 0 Å². The molecule has 1 saturated heterocycles. The molecule has 5 amide bonds. The fourth-order valence-corrected chi connectivity index (χ4v) is 11.1. The van der Waals surface area contributed by atoms with Crippen LogP contribution in [-0.2, 0) is 29.2 Å². The van der Waals surface area contributed by atoms with Crippen molar-refractivity contribution in [1.29, 1.82) is 0 Å². The van der Waals surface area contributed by atoms with Gasteiger partial charge in [-0.15, -0.1) is 6.58 Å². The van der Waals surface area contributed by atoms with E-state index < -0.39 is 91.1 Å². The molecule has 3 saturated carbocycles. The van der Waals surface area contributed by atoms with E-state index in [1.165, 1.54) is 18.2 Å². The van der Waals surface area contributed by atoms with Crippen molar-refractivity contribution in [3.8, 4) is 0 Å². The third-order valence-corrected chi connectivity index (χ3v) is 14.7. The number of nitrogens with one attached hydrogen (secondary N) is 3. The number of amides is 5. The molecule has 2 spiro atoms. The first kappa shape index (κ1) is 42.2. The third-order valence-electron chi connectivity index (χ3n) is 13.4. The fraction of sp³-hybridized carbons (Fsp3) is 0.683. The van der Waals surface area contributed by atoms with Gasteiger partial charge < -0.3 is 20.6 Å². The Labute approximate surface area is 326 Å². The normalized spacial score (nSPS) is 27.7. The van der Waals surface area contributed by atoms with Crippen LogP contribution in [0.2, 0.25) is 0 Å². The van der Waals surface area contributed by atoms with Gasteiger partial charge in [-0.25, -0.2) is 17.9 Å². The largest absolute Gasteiger partial charge is 0.465 e. The SMILES string of the molecule is C=C[C@@H]1C[C@]1(NC(=O)[C@@H]1C[C@@]2(CN1C(=O)C(NC(=O)[C@@H](N(C(=O)O)C(C)(C)C)C(C)(C)C)C(C)(C)C)C(C)(C)C21CCC1)C(=O)NS(=O)(=O)c1ccccc1. The molecule has 0 aromatic heterocycles. The molecule has 6 atom stereocenters. The van der Waals surface area contributed by atoms with Crippen LogP contribution in [0.25, 0.3) is 0 Å². The molecular formula is C41H61N5O8S. The van der Waals surface area contributed by atoms with Crippen molar-refractivity contribution in [3.05, 3.63) is 43.0 Å². The number of carbonyl (C=O) groups excluding carboxylic acids is 4. The van der Waals surface area contributed by atoms with Gasteiger partial charge in [-0.1, -0.05) is 86.1 Å². The molecule has 5 rings (SSSR count).